The number of hydrogen-bond acceptors (Lipinski definition) is 3. The second-order valence-electron chi connectivity index (χ2n) is 6.97. The summed E-state index contributed by atoms with van der Waals surface area (Å²) in [6, 6.07) is 9.29. The van der Waals surface area contributed by atoms with Gasteiger partial charge in [0.1, 0.15) is 0 Å². The molecule has 130 valence electrons. The number of imidazole rings is 1. The van der Waals surface area contributed by atoms with E-state index in [4.69, 9.17) is 0 Å². The van der Waals surface area contributed by atoms with E-state index >= 15 is 0 Å². The van der Waals surface area contributed by atoms with Crippen molar-refractivity contribution in [3.05, 3.63) is 65.5 Å². The zero-order chi connectivity index (χ0) is 17.4. The van der Waals surface area contributed by atoms with Crippen molar-refractivity contribution in [2.24, 2.45) is 7.05 Å². The van der Waals surface area contributed by atoms with Gasteiger partial charge >= 0.3 is 0 Å². The highest BCUT2D eigenvalue weighted by Crippen LogP contribution is 2.36. The molecule has 0 radical (unpaired) electrons. The van der Waals surface area contributed by atoms with Gasteiger partial charge in [-0.1, -0.05) is 12.1 Å². The number of nitrogens with zero attached hydrogens (tertiary/aromatic N) is 5. The molecule has 0 aliphatic carbocycles. The fourth-order valence-electron chi connectivity index (χ4n) is 4.03. The highest BCUT2D eigenvalue weighted by atomic mass is 15.3. The summed E-state index contributed by atoms with van der Waals surface area (Å²) in [5.41, 5.74) is 6.40. The molecule has 3 aromatic rings. The van der Waals surface area contributed by atoms with Crippen LogP contribution in [0.15, 0.2) is 43.0 Å². The van der Waals surface area contributed by atoms with Crippen LogP contribution in [0.3, 0.4) is 0 Å². The Bertz CT molecular complexity index is 845. The van der Waals surface area contributed by atoms with Gasteiger partial charge in [0.25, 0.3) is 0 Å². The summed E-state index contributed by atoms with van der Waals surface area (Å²) in [6.45, 7) is 6.47. The predicted molar refractivity (Wildman–Crippen MR) is 98.6 cm³/mol. The SMILES string of the molecule is Cc1nn(C)c(C)c1[C@@H]1CCCN1Cc1ccc(-n2ccnc2)cc1. The van der Waals surface area contributed by atoms with E-state index in [0.29, 0.717) is 6.04 Å². The average Bonchev–Trinajstić information content (AvgIpc) is 3.32. The van der Waals surface area contributed by atoms with Crippen molar-refractivity contribution in [3.63, 3.8) is 0 Å². The average molecular weight is 335 g/mol. The summed E-state index contributed by atoms with van der Waals surface area (Å²) in [5.74, 6) is 0. The molecule has 0 N–H and O–H groups in total. The molecular weight excluding hydrogens is 310 g/mol. The molecule has 3 heterocycles. The van der Waals surface area contributed by atoms with Gasteiger partial charge in [0.05, 0.1) is 12.0 Å². The monoisotopic (exact) mass is 335 g/mol. The van der Waals surface area contributed by atoms with E-state index in [2.05, 4.69) is 53.1 Å². The zero-order valence-corrected chi connectivity index (χ0v) is 15.2. The number of aromatic nitrogens is 4. The molecule has 0 spiro atoms. The van der Waals surface area contributed by atoms with Crippen LogP contribution in [-0.4, -0.2) is 30.8 Å². The van der Waals surface area contributed by atoms with Crippen molar-refractivity contribution >= 4 is 0 Å². The third-order valence-electron chi connectivity index (χ3n) is 5.39. The first-order valence-corrected chi connectivity index (χ1v) is 8.95. The van der Waals surface area contributed by atoms with E-state index in [1.54, 1.807) is 6.20 Å². The Kier molecular flexibility index (Phi) is 4.17. The Morgan fingerprint density at radius 3 is 2.60 bits per heavy atom. The zero-order valence-electron chi connectivity index (χ0n) is 15.2. The van der Waals surface area contributed by atoms with Gasteiger partial charge in [-0.3, -0.25) is 9.58 Å². The van der Waals surface area contributed by atoms with Crippen LogP contribution in [-0.2, 0) is 13.6 Å². The quantitative estimate of drug-likeness (QED) is 0.732. The fourth-order valence-corrected chi connectivity index (χ4v) is 4.03. The van der Waals surface area contributed by atoms with Crippen LogP contribution in [0.2, 0.25) is 0 Å². The normalized spacial score (nSPS) is 18.1. The number of likely N-dealkylation sites (tertiary alicyclic amines) is 1. The van der Waals surface area contributed by atoms with E-state index in [0.717, 1.165) is 18.8 Å². The van der Waals surface area contributed by atoms with Gasteiger partial charge in [0.2, 0.25) is 0 Å². The van der Waals surface area contributed by atoms with Crippen molar-refractivity contribution in [1.82, 2.24) is 24.2 Å². The van der Waals surface area contributed by atoms with Gasteiger partial charge in [0.15, 0.2) is 0 Å². The lowest BCUT2D eigenvalue weighted by molar-refractivity contribution is 0.247. The molecule has 4 rings (SSSR count). The Balaban J connectivity index is 1.53. The van der Waals surface area contributed by atoms with Gasteiger partial charge in [-0.05, 0) is 50.9 Å². The molecule has 5 heteroatoms. The first-order valence-electron chi connectivity index (χ1n) is 8.95. The fraction of sp³-hybridized carbons (Fsp3) is 0.400. The summed E-state index contributed by atoms with van der Waals surface area (Å²) in [6.07, 6.45) is 8.09. The van der Waals surface area contributed by atoms with Crippen LogP contribution in [0.4, 0.5) is 0 Å². The van der Waals surface area contributed by atoms with Gasteiger partial charge in [-0.2, -0.15) is 5.10 Å². The van der Waals surface area contributed by atoms with Gasteiger partial charge < -0.3 is 4.57 Å². The number of hydrogen-bond donors (Lipinski definition) is 0. The van der Waals surface area contributed by atoms with Gasteiger partial charge in [-0.25, -0.2) is 4.98 Å². The first-order chi connectivity index (χ1) is 12.1. The smallest absolute Gasteiger partial charge is 0.0991 e. The molecule has 2 aromatic heterocycles. The predicted octanol–water partition coefficient (Wildman–Crippen LogP) is 3.56. The van der Waals surface area contributed by atoms with Crippen molar-refractivity contribution < 1.29 is 0 Å². The van der Waals surface area contributed by atoms with Crippen molar-refractivity contribution in [2.45, 2.75) is 39.3 Å². The van der Waals surface area contributed by atoms with Crippen LogP contribution in [0, 0.1) is 13.8 Å². The second-order valence-corrected chi connectivity index (χ2v) is 6.97. The molecule has 1 fully saturated rings. The first kappa shape index (κ1) is 16.1. The van der Waals surface area contributed by atoms with Crippen molar-refractivity contribution in [1.29, 1.82) is 0 Å². The maximum Gasteiger partial charge on any atom is 0.0991 e. The molecule has 0 amide bonds. The number of rotatable bonds is 4. The summed E-state index contributed by atoms with van der Waals surface area (Å²) in [4.78, 5) is 6.71. The molecule has 1 aromatic carbocycles. The Hall–Kier alpha value is -2.40. The van der Waals surface area contributed by atoms with Gasteiger partial charge in [0, 0.05) is 49.0 Å². The van der Waals surface area contributed by atoms with E-state index in [1.165, 1.54) is 35.4 Å². The molecule has 0 saturated carbocycles. The van der Waals surface area contributed by atoms with Gasteiger partial charge in [-0.15, -0.1) is 0 Å². The van der Waals surface area contributed by atoms with Crippen LogP contribution < -0.4 is 0 Å². The minimum atomic E-state index is 0.488. The van der Waals surface area contributed by atoms with E-state index in [9.17, 15) is 0 Å². The molecule has 1 saturated heterocycles. The van der Waals surface area contributed by atoms with E-state index < -0.39 is 0 Å². The largest absolute Gasteiger partial charge is 0.306 e. The summed E-state index contributed by atoms with van der Waals surface area (Å²) >= 11 is 0. The van der Waals surface area contributed by atoms with Crippen LogP contribution in [0.25, 0.3) is 5.69 Å². The number of benzene rings is 1. The Morgan fingerprint density at radius 2 is 1.96 bits per heavy atom. The minimum Gasteiger partial charge on any atom is -0.306 e. The highest BCUT2D eigenvalue weighted by Gasteiger charge is 2.30. The molecular formula is C20H25N5. The lowest BCUT2D eigenvalue weighted by Crippen LogP contribution is -2.23. The standard InChI is InChI=1S/C20H25N5/c1-15-20(16(2)23(3)22-15)19-5-4-11-24(19)13-17-6-8-18(9-7-17)25-12-10-21-14-25/h6-10,12,14,19H,4-5,11,13H2,1-3H3/t19-/m0/s1. The van der Waals surface area contributed by atoms with E-state index in [1.807, 2.05) is 28.8 Å². The van der Waals surface area contributed by atoms with Crippen molar-refractivity contribution in [3.8, 4) is 5.69 Å². The molecule has 0 bridgehead atoms. The van der Waals surface area contributed by atoms with Crippen molar-refractivity contribution in [2.75, 3.05) is 6.54 Å². The Labute approximate surface area is 148 Å². The third-order valence-corrected chi connectivity index (χ3v) is 5.39. The number of aryl methyl sites for hydroxylation is 2. The molecule has 0 unspecified atom stereocenters. The lowest BCUT2D eigenvalue weighted by Gasteiger charge is -2.25. The summed E-state index contributed by atoms with van der Waals surface area (Å²) in [5, 5.41) is 4.62. The molecule has 5 nitrogen and oxygen atoms in total. The second kappa shape index (κ2) is 6.48. The molecule has 1 aliphatic rings. The van der Waals surface area contributed by atoms with Crippen LogP contribution >= 0.6 is 0 Å². The third kappa shape index (κ3) is 3.00. The minimum absolute atomic E-state index is 0.488. The maximum absolute atomic E-state index is 4.62. The summed E-state index contributed by atoms with van der Waals surface area (Å²) < 4.78 is 4.05. The molecule has 25 heavy (non-hydrogen) atoms. The van der Waals surface area contributed by atoms with Crippen LogP contribution in [0.5, 0.6) is 0 Å². The molecule has 1 atom stereocenters. The highest BCUT2D eigenvalue weighted by molar-refractivity contribution is 5.35. The summed E-state index contributed by atoms with van der Waals surface area (Å²) in [7, 11) is 2.04. The maximum atomic E-state index is 4.62. The van der Waals surface area contributed by atoms with Crippen LogP contribution in [0.1, 0.15) is 41.4 Å². The van der Waals surface area contributed by atoms with E-state index in [-0.39, 0.29) is 0 Å². The molecule has 1 aliphatic heterocycles. The topological polar surface area (TPSA) is 38.9 Å². The Morgan fingerprint density at radius 1 is 1.16 bits per heavy atom. The lowest BCUT2D eigenvalue weighted by atomic mass is 10.0.